The molecule has 0 spiro atoms. The molecule has 4 rings (SSSR count). The van der Waals surface area contributed by atoms with Gasteiger partial charge in [0.1, 0.15) is 0 Å². The van der Waals surface area contributed by atoms with E-state index in [4.69, 9.17) is 0 Å². The zero-order valence-corrected chi connectivity index (χ0v) is 19.6. The third kappa shape index (κ3) is 5.33. The molecule has 2 aliphatic heterocycles. The SMILES string of the molecule is C[C@@H]1Sc2ccc(S(=O)(=O)CCC(=O)N3CCN(Cc4ccccc4)CC3)cc2NC1=O. The van der Waals surface area contributed by atoms with Crippen molar-refractivity contribution in [1.29, 1.82) is 0 Å². The normalized spacial score (nSPS) is 19.3. The number of carbonyl (C=O) groups excluding carboxylic acids is 2. The molecule has 1 atom stereocenters. The molecule has 9 heteroatoms. The van der Waals surface area contributed by atoms with E-state index in [2.05, 4.69) is 22.3 Å². The molecule has 1 fully saturated rings. The summed E-state index contributed by atoms with van der Waals surface area (Å²) in [5.74, 6) is -0.519. The molecular formula is C23H27N3O4S2. The van der Waals surface area contributed by atoms with Crippen molar-refractivity contribution in [3.63, 3.8) is 0 Å². The third-order valence-electron chi connectivity index (χ3n) is 5.80. The summed E-state index contributed by atoms with van der Waals surface area (Å²) < 4.78 is 25.6. The minimum absolute atomic E-state index is 0.0454. The maximum atomic E-state index is 12.8. The van der Waals surface area contributed by atoms with Crippen LogP contribution in [0, 0.1) is 0 Å². The first-order valence-corrected chi connectivity index (χ1v) is 13.2. The van der Waals surface area contributed by atoms with Crippen molar-refractivity contribution in [2.24, 2.45) is 0 Å². The van der Waals surface area contributed by atoms with Crippen LogP contribution in [0.5, 0.6) is 0 Å². The lowest BCUT2D eigenvalue weighted by atomic mass is 10.2. The molecule has 32 heavy (non-hydrogen) atoms. The van der Waals surface area contributed by atoms with Crippen LogP contribution in [-0.4, -0.2) is 67.2 Å². The summed E-state index contributed by atoms with van der Waals surface area (Å²) in [7, 11) is -3.63. The van der Waals surface area contributed by atoms with E-state index in [0.717, 1.165) is 24.5 Å². The molecule has 2 heterocycles. The number of hydrogen-bond acceptors (Lipinski definition) is 6. The van der Waals surface area contributed by atoms with E-state index < -0.39 is 9.84 Å². The number of carbonyl (C=O) groups is 2. The number of benzene rings is 2. The number of nitrogens with zero attached hydrogens (tertiary/aromatic N) is 2. The van der Waals surface area contributed by atoms with Crippen molar-refractivity contribution in [2.45, 2.75) is 34.9 Å². The molecule has 0 aliphatic carbocycles. The Morgan fingerprint density at radius 1 is 1.09 bits per heavy atom. The van der Waals surface area contributed by atoms with Gasteiger partial charge in [-0.25, -0.2) is 8.42 Å². The molecule has 2 aromatic rings. The molecule has 170 valence electrons. The fourth-order valence-electron chi connectivity index (χ4n) is 3.88. The topological polar surface area (TPSA) is 86.8 Å². The van der Waals surface area contributed by atoms with E-state index in [1.807, 2.05) is 18.2 Å². The second kappa shape index (κ2) is 9.64. The largest absolute Gasteiger partial charge is 0.340 e. The molecular weight excluding hydrogens is 446 g/mol. The van der Waals surface area contributed by atoms with Gasteiger partial charge in [0.05, 0.1) is 21.6 Å². The van der Waals surface area contributed by atoms with Crippen LogP contribution < -0.4 is 5.32 Å². The molecule has 2 aliphatic rings. The lowest BCUT2D eigenvalue weighted by Gasteiger charge is -2.34. The number of fused-ring (bicyclic) bond motifs is 1. The highest BCUT2D eigenvalue weighted by atomic mass is 32.2. The number of amides is 2. The number of nitrogens with one attached hydrogen (secondary N) is 1. The van der Waals surface area contributed by atoms with Crippen LogP contribution in [0.1, 0.15) is 18.9 Å². The smallest absolute Gasteiger partial charge is 0.237 e. The molecule has 1 N–H and O–H groups in total. The number of thioether (sulfide) groups is 1. The highest BCUT2D eigenvalue weighted by molar-refractivity contribution is 8.01. The predicted molar refractivity (Wildman–Crippen MR) is 125 cm³/mol. The maximum absolute atomic E-state index is 12.8. The minimum Gasteiger partial charge on any atom is -0.340 e. The quantitative estimate of drug-likeness (QED) is 0.694. The van der Waals surface area contributed by atoms with Crippen LogP contribution in [-0.2, 0) is 26.0 Å². The van der Waals surface area contributed by atoms with E-state index in [9.17, 15) is 18.0 Å². The first-order chi connectivity index (χ1) is 15.3. The number of hydrogen-bond donors (Lipinski definition) is 1. The van der Waals surface area contributed by atoms with Gasteiger partial charge in [-0.15, -0.1) is 11.8 Å². The maximum Gasteiger partial charge on any atom is 0.237 e. The van der Waals surface area contributed by atoms with E-state index in [0.29, 0.717) is 18.8 Å². The molecule has 0 unspecified atom stereocenters. The second-order valence-corrected chi connectivity index (χ2v) is 11.6. The van der Waals surface area contributed by atoms with Gasteiger partial charge >= 0.3 is 0 Å². The highest BCUT2D eigenvalue weighted by Crippen LogP contribution is 2.36. The van der Waals surface area contributed by atoms with Gasteiger partial charge in [-0.1, -0.05) is 30.3 Å². The summed E-state index contributed by atoms with van der Waals surface area (Å²) >= 11 is 1.41. The van der Waals surface area contributed by atoms with Crippen molar-refractivity contribution in [1.82, 2.24) is 9.80 Å². The van der Waals surface area contributed by atoms with Gasteiger partial charge in [0.2, 0.25) is 11.8 Å². The first kappa shape index (κ1) is 22.8. The first-order valence-electron chi connectivity index (χ1n) is 10.7. The van der Waals surface area contributed by atoms with Crippen LogP contribution in [0.4, 0.5) is 5.69 Å². The van der Waals surface area contributed by atoms with Crippen molar-refractivity contribution >= 4 is 39.1 Å². The summed E-state index contributed by atoms with van der Waals surface area (Å²) in [6, 6.07) is 15.0. The fourth-order valence-corrected chi connectivity index (χ4v) is 6.06. The van der Waals surface area contributed by atoms with Crippen LogP contribution in [0.2, 0.25) is 0 Å². The Kier molecular flexibility index (Phi) is 6.88. The number of sulfone groups is 1. The Morgan fingerprint density at radius 2 is 1.81 bits per heavy atom. The van der Waals surface area contributed by atoms with Crippen molar-refractivity contribution in [3.8, 4) is 0 Å². The Bertz CT molecular complexity index is 1100. The number of anilines is 1. The Balaban J connectivity index is 1.30. The van der Waals surface area contributed by atoms with Gasteiger partial charge in [-0.2, -0.15) is 0 Å². The monoisotopic (exact) mass is 473 g/mol. The zero-order chi connectivity index (χ0) is 22.7. The molecule has 2 amide bonds. The van der Waals surface area contributed by atoms with Gasteiger partial charge in [-0.3, -0.25) is 14.5 Å². The van der Waals surface area contributed by atoms with Crippen LogP contribution in [0.25, 0.3) is 0 Å². The summed E-state index contributed by atoms with van der Waals surface area (Å²) in [5.41, 5.74) is 1.76. The zero-order valence-electron chi connectivity index (χ0n) is 18.0. The summed E-state index contributed by atoms with van der Waals surface area (Å²) in [5, 5.41) is 2.54. The van der Waals surface area contributed by atoms with Crippen molar-refractivity contribution < 1.29 is 18.0 Å². The van der Waals surface area contributed by atoms with Crippen LogP contribution in [0.3, 0.4) is 0 Å². The van der Waals surface area contributed by atoms with Gasteiger partial charge in [0.25, 0.3) is 0 Å². The average Bonchev–Trinajstić information content (AvgIpc) is 2.79. The molecule has 0 aromatic heterocycles. The van der Waals surface area contributed by atoms with Gasteiger partial charge < -0.3 is 10.2 Å². The molecule has 0 saturated carbocycles. The molecule has 0 radical (unpaired) electrons. The molecule has 2 aromatic carbocycles. The average molecular weight is 474 g/mol. The van der Waals surface area contributed by atoms with Gasteiger partial charge in [-0.05, 0) is 30.7 Å². The van der Waals surface area contributed by atoms with E-state index in [1.165, 1.54) is 23.4 Å². The summed E-state index contributed by atoms with van der Waals surface area (Å²) in [6.07, 6.45) is -0.0454. The minimum atomic E-state index is -3.63. The van der Waals surface area contributed by atoms with E-state index in [1.54, 1.807) is 24.0 Å². The molecule has 0 bridgehead atoms. The van der Waals surface area contributed by atoms with E-state index in [-0.39, 0.29) is 34.1 Å². The fraction of sp³-hybridized carbons (Fsp3) is 0.391. The second-order valence-electron chi connectivity index (χ2n) is 8.12. The highest BCUT2D eigenvalue weighted by Gasteiger charge is 2.27. The number of rotatable bonds is 6. The lowest BCUT2D eigenvalue weighted by Crippen LogP contribution is -2.48. The van der Waals surface area contributed by atoms with Crippen molar-refractivity contribution in [2.75, 3.05) is 37.2 Å². The van der Waals surface area contributed by atoms with Gasteiger partial charge in [0.15, 0.2) is 9.84 Å². The third-order valence-corrected chi connectivity index (χ3v) is 8.69. The summed E-state index contributed by atoms with van der Waals surface area (Å²) in [4.78, 5) is 29.6. The molecule has 7 nitrogen and oxygen atoms in total. The van der Waals surface area contributed by atoms with Crippen LogP contribution in [0.15, 0.2) is 58.3 Å². The number of piperazine rings is 1. The van der Waals surface area contributed by atoms with Gasteiger partial charge in [0, 0.05) is 44.0 Å². The lowest BCUT2D eigenvalue weighted by molar-refractivity contribution is -0.132. The Morgan fingerprint density at radius 3 is 2.53 bits per heavy atom. The summed E-state index contributed by atoms with van der Waals surface area (Å²) in [6.45, 7) is 5.41. The molecule has 1 saturated heterocycles. The van der Waals surface area contributed by atoms with Crippen LogP contribution >= 0.6 is 11.8 Å². The standard InChI is InChI=1S/C23H27N3O4S2/c1-17-23(28)24-20-15-19(7-8-21(20)31-17)32(29,30)14-9-22(27)26-12-10-25(11-13-26)16-18-5-3-2-4-6-18/h2-8,15,17H,9-14,16H2,1H3,(H,24,28)/t17-/m0/s1. The Hall–Kier alpha value is -2.36. The predicted octanol–water partition coefficient (Wildman–Crippen LogP) is 2.63. The van der Waals surface area contributed by atoms with E-state index >= 15 is 0 Å². The van der Waals surface area contributed by atoms with Crippen molar-refractivity contribution in [3.05, 3.63) is 54.1 Å². The Labute approximate surface area is 193 Å².